The molecule has 5 heteroatoms. The molecule has 5 nitrogen and oxygen atoms in total. The topological polar surface area (TPSA) is 58.6 Å². The minimum atomic E-state index is -0.394. The number of amides is 2. The molecule has 0 aromatic heterocycles. The zero-order chi connectivity index (χ0) is 14.5. The lowest BCUT2D eigenvalue weighted by molar-refractivity contribution is -0.116. The van der Waals surface area contributed by atoms with Crippen molar-refractivity contribution in [1.82, 2.24) is 0 Å². The number of nitrogens with zero attached hydrogens (tertiary/aromatic N) is 1. The lowest BCUT2D eigenvalue weighted by Gasteiger charge is -2.26. The first-order chi connectivity index (χ1) is 9.63. The van der Waals surface area contributed by atoms with E-state index in [2.05, 4.69) is 5.32 Å². The second-order valence-corrected chi connectivity index (χ2v) is 4.96. The summed E-state index contributed by atoms with van der Waals surface area (Å²) in [4.78, 5) is 25.6. The Balaban J connectivity index is 2.25. The van der Waals surface area contributed by atoms with Gasteiger partial charge in [-0.1, -0.05) is 25.5 Å². The van der Waals surface area contributed by atoms with Gasteiger partial charge in [-0.3, -0.25) is 9.69 Å². The minimum Gasteiger partial charge on any atom is -0.449 e. The van der Waals surface area contributed by atoms with Crippen molar-refractivity contribution in [2.45, 2.75) is 39.2 Å². The Bertz CT molecular complexity index is 502. The maximum atomic E-state index is 12.3. The number of fused-ring (bicyclic) bond motifs is 1. The van der Waals surface area contributed by atoms with Crippen LogP contribution in [0.5, 0.6) is 0 Å². The summed E-state index contributed by atoms with van der Waals surface area (Å²) in [6, 6.07) is 7.05. The molecule has 1 aromatic rings. The second kappa shape index (κ2) is 6.41. The van der Waals surface area contributed by atoms with Crippen LogP contribution < -0.4 is 10.2 Å². The van der Waals surface area contributed by atoms with Crippen LogP contribution in [0.15, 0.2) is 24.3 Å². The van der Waals surface area contributed by atoms with Crippen LogP contribution in [-0.4, -0.2) is 24.6 Å². The predicted octanol–water partition coefficient (Wildman–Crippen LogP) is 3.16. The third-order valence-corrected chi connectivity index (χ3v) is 3.28. The number of para-hydroxylation sites is 2. The molecule has 0 spiro atoms. The van der Waals surface area contributed by atoms with E-state index in [-0.39, 0.29) is 18.4 Å². The third-order valence-electron chi connectivity index (χ3n) is 3.28. The lowest BCUT2D eigenvalue weighted by Crippen LogP contribution is -2.39. The normalized spacial score (nSPS) is 18.0. The first-order valence-corrected chi connectivity index (χ1v) is 6.98. The van der Waals surface area contributed by atoms with E-state index < -0.39 is 6.09 Å². The summed E-state index contributed by atoms with van der Waals surface area (Å²) < 4.78 is 5.29. The Hall–Kier alpha value is -2.04. The van der Waals surface area contributed by atoms with Gasteiger partial charge in [-0.15, -0.1) is 0 Å². The van der Waals surface area contributed by atoms with Gasteiger partial charge in [0.05, 0.1) is 18.0 Å². The van der Waals surface area contributed by atoms with Gasteiger partial charge in [0.2, 0.25) is 5.91 Å². The Morgan fingerprint density at radius 1 is 1.45 bits per heavy atom. The van der Waals surface area contributed by atoms with Gasteiger partial charge in [-0.2, -0.15) is 0 Å². The zero-order valence-electron chi connectivity index (χ0n) is 11.9. The van der Waals surface area contributed by atoms with Gasteiger partial charge in [0.15, 0.2) is 0 Å². The summed E-state index contributed by atoms with van der Waals surface area (Å²) in [6.45, 7) is 4.30. The SMILES string of the molecule is CCCCOC(=O)N1c2ccccc2NC(=O)CC1C. The number of anilines is 2. The fourth-order valence-corrected chi connectivity index (χ4v) is 2.24. The molecular formula is C15H20N2O3. The van der Waals surface area contributed by atoms with Crippen LogP contribution in [0.1, 0.15) is 33.1 Å². The van der Waals surface area contributed by atoms with Crippen molar-refractivity contribution in [3.63, 3.8) is 0 Å². The van der Waals surface area contributed by atoms with Gasteiger partial charge in [0, 0.05) is 12.5 Å². The van der Waals surface area contributed by atoms with Crippen LogP contribution in [0.3, 0.4) is 0 Å². The molecule has 0 bridgehead atoms. The van der Waals surface area contributed by atoms with Gasteiger partial charge in [0.1, 0.15) is 0 Å². The highest BCUT2D eigenvalue weighted by Crippen LogP contribution is 2.31. The van der Waals surface area contributed by atoms with Gasteiger partial charge in [0.25, 0.3) is 0 Å². The average Bonchev–Trinajstić information content (AvgIpc) is 2.53. The Morgan fingerprint density at radius 2 is 2.20 bits per heavy atom. The average molecular weight is 276 g/mol. The molecule has 1 unspecified atom stereocenters. The summed E-state index contributed by atoms with van der Waals surface area (Å²) in [7, 11) is 0. The van der Waals surface area contributed by atoms with E-state index in [1.807, 2.05) is 32.0 Å². The van der Waals surface area contributed by atoms with Crippen molar-refractivity contribution in [2.24, 2.45) is 0 Å². The fourth-order valence-electron chi connectivity index (χ4n) is 2.24. The number of nitrogens with one attached hydrogen (secondary N) is 1. The van der Waals surface area contributed by atoms with Crippen molar-refractivity contribution in [1.29, 1.82) is 0 Å². The molecule has 1 atom stereocenters. The number of rotatable bonds is 3. The van der Waals surface area contributed by atoms with Crippen molar-refractivity contribution in [3.8, 4) is 0 Å². The largest absolute Gasteiger partial charge is 0.449 e. The number of benzene rings is 1. The molecule has 0 saturated heterocycles. The summed E-state index contributed by atoms with van der Waals surface area (Å²) in [5, 5.41) is 2.82. The van der Waals surface area contributed by atoms with Crippen LogP contribution in [0.4, 0.5) is 16.2 Å². The molecule has 1 aliphatic rings. The number of unbranched alkanes of at least 4 members (excludes halogenated alkanes) is 1. The van der Waals surface area contributed by atoms with Crippen LogP contribution in [0.25, 0.3) is 0 Å². The predicted molar refractivity (Wildman–Crippen MR) is 77.9 cm³/mol. The summed E-state index contributed by atoms with van der Waals surface area (Å²) >= 11 is 0. The molecule has 2 rings (SSSR count). The molecule has 1 heterocycles. The smallest absolute Gasteiger partial charge is 0.414 e. The van der Waals surface area contributed by atoms with Crippen molar-refractivity contribution in [2.75, 3.05) is 16.8 Å². The molecule has 0 aliphatic carbocycles. The van der Waals surface area contributed by atoms with E-state index >= 15 is 0 Å². The van der Waals surface area contributed by atoms with Crippen LogP contribution in [0, 0.1) is 0 Å². The fraction of sp³-hybridized carbons (Fsp3) is 0.467. The summed E-state index contributed by atoms with van der Waals surface area (Å²) in [5.74, 6) is -0.0891. The Labute approximate surface area is 118 Å². The van der Waals surface area contributed by atoms with E-state index in [0.717, 1.165) is 12.8 Å². The molecule has 1 aliphatic heterocycles. The lowest BCUT2D eigenvalue weighted by atomic mass is 10.2. The second-order valence-electron chi connectivity index (χ2n) is 4.96. The van der Waals surface area contributed by atoms with Crippen molar-refractivity contribution >= 4 is 23.4 Å². The number of carbonyl (C=O) groups excluding carboxylic acids is 2. The molecule has 1 N–H and O–H groups in total. The summed E-state index contributed by atoms with van der Waals surface area (Å²) in [5.41, 5.74) is 1.33. The highest BCUT2D eigenvalue weighted by Gasteiger charge is 2.30. The van der Waals surface area contributed by atoms with E-state index in [0.29, 0.717) is 18.0 Å². The quantitative estimate of drug-likeness (QED) is 0.863. The van der Waals surface area contributed by atoms with Crippen molar-refractivity contribution in [3.05, 3.63) is 24.3 Å². The Kier molecular flexibility index (Phi) is 4.61. The van der Waals surface area contributed by atoms with Crippen LogP contribution in [0.2, 0.25) is 0 Å². The van der Waals surface area contributed by atoms with Gasteiger partial charge in [-0.25, -0.2) is 4.79 Å². The number of hydrogen-bond donors (Lipinski definition) is 1. The molecule has 1 aromatic carbocycles. The van der Waals surface area contributed by atoms with E-state index in [9.17, 15) is 9.59 Å². The standard InChI is InChI=1S/C15H20N2O3/c1-3-4-9-20-15(19)17-11(2)10-14(18)16-12-7-5-6-8-13(12)17/h5-8,11H,3-4,9-10H2,1-2H3,(H,16,18). The van der Waals surface area contributed by atoms with E-state index in [1.165, 1.54) is 0 Å². The van der Waals surface area contributed by atoms with Gasteiger partial charge < -0.3 is 10.1 Å². The van der Waals surface area contributed by atoms with Gasteiger partial charge in [-0.05, 0) is 25.5 Å². The number of ether oxygens (including phenoxy) is 1. The molecule has 0 saturated carbocycles. The van der Waals surface area contributed by atoms with Gasteiger partial charge >= 0.3 is 6.09 Å². The number of hydrogen-bond acceptors (Lipinski definition) is 3. The molecule has 0 radical (unpaired) electrons. The zero-order valence-corrected chi connectivity index (χ0v) is 11.9. The number of carbonyl (C=O) groups is 2. The van der Waals surface area contributed by atoms with Crippen molar-refractivity contribution < 1.29 is 14.3 Å². The molecule has 20 heavy (non-hydrogen) atoms. The first kappa shape index (κ1) is 14.4. The third kappa shape index (κ3) is 3.10. The molecule has 108 valence electrons. The maximum absolute atomic E-state index is 12.3. The van der Waals surface area contributed by atoms with E-state index in [4.69, 9.17) is 4.74 Å². The van der Waals surface area contributed by atoms with Crippen LogP contribution in [-0.2, 0) is 9.53 Å². The molecular weight excluding hydrogens is 256 g/mol. The maximum Gasteiger partial charge on any atom is 0.414 e. The molecule has 0 fully saturated rings. The molecule has 2 amide bonds. The van der Waals surface area contributed by atoms with E-state index in [1.54, 1.807) is 11.0 Å². The van der Waals surface area contributed by atoms with Crippen LogP contribution >= 0.6 is 0 Å². The summed E-state index contributed by atoms with van der Waals surface area (Å²) in [6.07, 6.45) is 1.68. The highest BCUT2D eigenvalue weighted by molar-refractivity contribution is 6.02. The highest BCUT2D eigenvalue weighted by atomic mass is 16.6. The monoisotopic (exact) mass is 276 g/mol. The first-order valence-electron chi connectivity index (χ1n) is 6.98. The Morgan fingerprint density at radius 3 is 2.95 bits per heavy atom. The minimum absolute atomic E-state index is 0.0891.